The summed E-state index contributed by atoms with van der Waals surface area (Å²) in [6, 6.07) is 22.5. The number of para-hydroxylation sites is 1. The maximum Gasteiger partial charge on any atom is 0.494 e. The molecule has 1 aliphatic heterocycles. The molecule has 0 radical (unpaired) electrons. The third-order valence-corrected chi connectivity index (χ3v) is 7.01. The molecule has 186 valence electrons. The smallest absolute Gasteiger partial charge is 0.399 e. The van der Waals surface area contributed by atoms with Crippen molar-refractivity contribution in [3.8, 4) is 17.2 Å². The molecule has 5 heteroatoms. The lowest BCUT2D eigenvalue weighted by molar-refractivity contribution is 0.00578. The van der Waals surface area contributed by atoms with Crippen molar-refractivity contribution in [2.45, 2.75) is 73.5 Å². The lowest BCUT2D eigenvalue weighted by Gasteiger charge is -2.32. The largest absolute Gasteiger partial charge is 0.494 e. The van der Waals surface area contributed by atoms with Gasteiger partial charge in [-0.1, -0.05) is 56.3 Å². The van der Waals surface area contributed by atoms with Crippen LogP contribution in [0.2, 0.25) is 0 Å². The van der Waals surface area contributed by atoms with Gasteiger partial charge in [0.05, 0.1) is 28.5 Å². The highest BCUT2D eigenvalue weighted by molar-refractivity contribution is 6.62. The summed E-state index contributed by atoms with van der Waals surface area (Å²) in [7, 11) is -0.454. The van der Waals surface area contributed by atoms with E-state index in [4.69, 9.17) is 14.3 Å². The summed E-state index contributed by atoms with van der Waals surface area (Å²) in [6.07, 6.45) is 0. The molecule has 0 atom stereocenters. The van der Waals surface area contributed by atoms with Gasteiger partial charge in [0.15, 0.2) is 0 Å². The second-order valence-corrected chi connectivity index (χ2v) is 10.0. The van der Waals surface area contributed by atoms with E-state index >= 15 is 0 Å². The quantitative estimate of drug-likeness (QED) is 0.291. The highest BCUT2D eigenvalue weighted by Crippen LogP contribution is 2.37. The molecule has 3 aromatic rings. The van der Waals surface area contributed by atoms with Gasteiger partial charge in [0, 0.05) is 11.3 Å². The van der Waals surface area contributed by atoms with Crippen molar-refractivity contribution in [3.63, 3.8) is 0 Å². The van der Waals surface area contributed by atoms with Crippen molar-refractivity contribution in [1.29, 1.82) is 5.26 Å². The lowest BCUT2D eigenvalue weighted by Crippen LogP contribution is -2.41. The van der Waals surface area contributed by atoms with E-state index in [0.717, 1.165) is 44.7 Å². The molecule has 4 nitrogen and oxygen atoms in total. The van der Waals surface area contributed by atoms with Crippen LogP contribution in [0.1, 0.15) is 70.7 Å². The fourth-order valence-corrected chi connectivity index (χ4v) is 4.19. The molecule has 0 unspecified atom stereocenters. The Morgan fingerprint density at radius 2 is 1.47 bits per heavy atom. The van der Waals surface area contributed by atoms with Gasteiger partial charge in [0.25, 0.3) is 0 Å². The van der Waals surface area contributed by atoms with Gasteiger partial charge in [-0.3, -0.25) is 4.99 Å². The molecular formula is C31H37BN2O2. The number of hydrogen-bond acceptors (Lipinski definition) is 4. The van der Waals surface area contributed by atoms with Crippen molar-refractivity contribution < 1.29 is 9.31 Å². The van der Waals surface area contributed by atoms with E-state index in [9.17, 15) is 5.26 Å². The average Bonchev–Trinajstić information content (AvgIpc) is 3.08. The molecule has 0 bridgehead atoms. The molecule has 0 aromatic heterocycles. The molecule has 3 aromatic carbocycles. The molecule has 0 spiro atoms. The Hall–Kier alpha value is -3.20. The van der Waals surface area contributed by atoms with Gasteiger partial charge in [-0.15, -0.1) is 0 Å². The van der Waals surface area contributed by atoms with E-state index in [1.54, 1.807) is 0 Å². The molecule has 0 N–H and O–H groups in total. The Balaban J connectivity index is 0.00000176. The number of aliphatic imine (C=N–C) groups is 1. The molecule has 1 heterocycles. The van der Waals surface area contributed by atoms with E-state index < -0.39 is 18.3 Å². The predicted molar refractivity (Wildman–Crippen MR) is 151 cm³/mol. The molecule has 36 heavy (non-hydrogen) atoms. The van der Waals surface area contributed by atoms with Crippen molar-refractivity contribution in [1.82, 2.24) is 0 Å². The molecule has 1 saturated heterocycles. The highest BCUT2D eigenvalue weighted by Gasteiger charge is 2.51. The van der Waals surface area contributed by atoms with Crippen LogP contribution in [-0.4, -0.2) is 24.0 Å². The van der Waals surface area contributed by atoms with Crippen molar-refractivity contribution in [2.24, 2.45) is 4.99 Å². The van der Waals surface area contributed by atoms with Gasteiger partial charge in [0.2, 0.25) is 0 Å². The number of hydrogen-bond donors (Lipinski definition) is 0. The first-order chi connectivity index (χ1) is 17.0. The number of nitriles is 1. The molecule has 1 aliphatic rings. The zero-order valence-electron chi connectivity index (χ0n) is 23.1. The monoisotopic (exact) mass is 480 g/mol. The van der Waals surface area contributed by atoms with Crippen LogP contribution in [0.15, 0.2) is 65.7 Å². The van der Waals surface area contributed by atoms with Crippen LogP contribution in [-0.2, 0) is 9.31 Å². The standard InChI is InChI=1S/C29H31BN2O2.C2H6/c1-19-10-8-9-11-27(19)32-21(3)25-15-13-23(30-33-28(4,5)29(6,7)34-30)17-26(25)24-14-12-22(18-31)16-20(24)2;1-2/h8-17H,1-7H3;1-2H3. The van der Waals surface area contributed by atoms with Gasteiger partial charge >= 0.3 is 7.12 Å². The SMILES string of the molecule is CC.CC(=Nc1ccccc1C)c1ccc(B2OC(C)(C)C(C)(C)O2)cc1-c1ccc(C#N)cc1C. The topological polar surface area (TPSA) is 54.6 Å². The Bertz CT molecular complexity index is 1300. The van der Waals surface area contributed by atoms with Crippen molar-refractivity contribution in [2.75, 3.05) is 0 Å². The van der Waals surface area contributed by atoms with E-state index in [0.29, 0.717) is 5.56 Å². The summed E-state index contributed by atoms with van der Waals surface area (Å²) in [5, 5.41) is 9.34. The predicted octanol–water partition coefficient (Wildman–Crippen LogP) is 7.31. The fourth-order valence-electron chi connectivity index (χ4n) is 4.19. The minimum absolute atomic E-state index is 0.414. The van der Waals surface area contributed by atoms with E-state index in [1.165, 1.54) is 0 Å². The molecule has 1 fully saturated rings. The van der Waals surface area contributed by atoms with Gasteiger partial charge < -0.3 is 9.31 Å². The average molecular weight is 480 g/mol. The number of aryl methyl sites for hydroxylation is 2. The van der Waals surface area contributed by atoms with Gasteiger partial charge in [-0.05, 0) is 94.4 Å². The van der Waals surface area contributed by atoms with Gasteiger partial charge in [-0.25, -0.2) is 0 Å². The summed E-state index contributed by atoms with van der Waals surface area (Å²) in [5.41, 5.74) is 7.98. The Morgan fingerprint density at radius 1 is 0.833 bits per heavy atom. The normalized spacial score (nSPS) is 16.2. The van der Waals surface area contributed by atoms with Gasteiger partial charge in [0.1, 0.15) is 0 Å². The first-order valence-electron chi connectivity index (χ1n) is 12.6. The molecule has 4 rings (SSSR count). The molecule has 0 amide bonds. The van der Waals surface area contributed by atoms with E-state index in [-0.39, 0.29) is 0 Å². The van der Waals surface area contributed by atoms with Gasteiger partial charge in [-0.2, -0.15) is 5.26 Å². The zero-order chi connectivity index (χ0) is 26.7. The summed E-state index contributed by atoms with van der Waals surface area (Å²) < 4.78 is 12.6. The number of benzene rings is 3. The Labute approximate surface area is 217 Å². The third kappa shape index (κ3) is 5.46. The number of rotatable bonds is 4. The third-order valence-electron chi connectivity index (χ3n) is 7.01. The first kappa shape index (κ1) is 27.4. The fraction of sp³-hybridized carbons (Fsp3) is 0.355. The summed E-state index contributed by atoms with van der Waals surface area (Å²) in [5.74, 6) is 0. The summed E-state index contributed by atoms with van der Waals surface area (Å²) in [6.45, 7) is 18.4. The van der Waals surface area contributed by atoms with Crippen molar-refractivity contribution >= 4 is 24.0 Å². The van der Waals surface area contributed by atoms with Crippen LogP contribution >= 0.6 is 0 Å². The van der Waals surface area contributed by atoms with Crippen LogP contribution < -0.4 is 5.46 Å². The van der Waals surface area contributed by atoms with Crippen LogP contribution in [0.25, 0.3) is 11.1 Å². The van der Waals surface area contributed by atoms with Crippen LogP contribution in [0, 0.1) is 25.2 Å². The zero-order valence-corrected chi connectivity index (χ0v) is 23.1. The van der Waals surface area contributed by atoms with Crippen LogP contribution in [0.5, 0.6) is 0 Å². The van der Waals surface area contributed by atoms with Crippen LogP contribution in [0.3, 0.4) is 0 Å². The second-order valence-electron chi connectivity index (χ2n) is 10.0. The van der Waals surface area contributed by atoms with E-state index in [2.05, 4.69) is 65.0 Å². The summed E-state index contributed by atoms with van der Waals surface area (Å²) >= 11 is 0. The van der Waals surface area contributed by atoms with Crippen LogP contribution in [0.4, 0.5) is 5.69 Å². The maximum atomic E-state index is 9.34. The van der Waals surface area contributed by atoms with E-state index in [1.807, 2.05) is 64.1 Å². The Kier molecular flexibility index (Phi) is 8.24. The summed E-state index contributed by atoms with van der Waals surface area (Å²) in [4.78, 5) is 4.95. The highest BCUT2D eigenvalue weighted by atomic mass is 16.7. The molecular weight excluding hydrogens is 443 g/mol. The maximum absolute atomic E-state index is 9.34. The minimum atomic E-state index is -0.454. The second kappa shape index (κ2) is 10.8. The minimum Gasteiger partial charge on any atom is -0.399 e. The lowest BCUT2D eigenvalue weighted by atomic mass is 9.76. The van der Waals surface area contributed by atoms with Crippen molar-refractivity contribution in [3.05, 3.63) is 82.9 Å². The molecule has 0 saturated carbocycles. The first-order valence-corrected chi connectivity index (χ1v) is 12.6. The molecule has 0 aliphatic carbocycles. The number of nitrogens with zero attached hydrogens (tertiary/aromatic N) is 2. The Morgan fingerprint density at radius 3 is 2.06 bits per heavy atom.